The van der Waals surface area contributed by atoms with E-state index in [4.69, 9.17) is 4.74 Å². The molecule has 0 spiro atoms. The summed E-state index contributed by atoms with van der Waals surface area (Å²) in [5, 5.41) is 3.25. The fourth-order valence-corrected chi connectivity index (χ4v) is 1.54. The van der Waals surface area contributed by atoms with Crippen LogP contribution >= 0.6 is 0 Å². The number of nitrogens with zero attached hydrogens (tertiary/aromatic N) is 3. The third-order valence-corrected chi connectivity index (χ3v) is 2.51. The summed E-state index contributed by atoms with van der Waals surface area (Å²) in [7, 11) is 0. The molecule has 0 aromatic carbocycles. The van der Waals surface area contributed by atoms with Crippen LogP contribution in [-0.4, -0.2) is 56.3 Å². The van der Waals surface area contributed by atoms with E-state index in [1.54, 1.807) is 13.8 Å². The lowest BCUT2D eigenvalue weighted by Gasteiger charge is -2.27. The number of hydrogen-bond donors (Lipinski definition) is 1. The van der Waals surface area contributed by atoms with Crippen LogP contribution in [0.5, 0.6) is 0 Å². The molecule has 1 saturated heterocycles. The van der Waals surface area contributed by atoms with E-state index >= 15 is 0 Å². The molecule has 0 atom stereocenters. The molecule has 6 nitrogen and oxygen atoms in total. The molecule has 0 aromatic heterocycles. The van der Waals surface area contributed by atoms with Gasteiger partial charge in [-0.25, -0.2) is 14.8 Å². The smallest absolute Gasteiger partial charge is 0.335 e. The molecule has 0 saturated carbocycles. The molecule has 0 aliphatic carbocycles. The largest absolute Gasteiger partial charge is 0.463 e. The van der Waals surface area contributed by atoms with Gasteiger partial charge in [-0.3, -0.25) is 0 Å². The van der Waals surface area contributed by atoms with Crippen molar-refractivity contribution in [3.05, 3.63) is 11.8 Å². The first-order valence-electron chi connectivity index (χ1n) is 6.03. The maximum absolute atomic E-state index is 11.4. The van der Waals surface area contributed by atoms with Gasteiger partial charge < -0.3 is 15.0 Å². The maximum atomic E-state index is 11.4. The summed E-state index contributed by atoms with van der Waals surface area (Å²) < 4.78 is 4.87. The van der Waals surface area contributed by atoms with Crippen molar-refractivity contribution in [1.82, 2.24) is 10.2 Å². The zero-order valence-electron chi connectivity index (χ0n) is 11.0. The zero-order valence-corrected chi connectivity index (χ0v) is 11.0. The SMILES string of the molecule is C=N/C(=N\C=C(/C)C(=O)OCC)N1CCNCC1. The molecule has 18 heavy (non-hydrogen) atoms. The number of ether oxygens (including phenoxy) is 1. The summed E-state index contributed by atoms with van der Waals surface area (Å²) in [4.78, 5) is 21.5. The first kappa shape index (κ1) is 14.4. The van der Waals surface area contributed by atoms with Crippen molar-refractivity contribution in [2.75, 3.05) is 32.8 Å². The number of carbonyl (C=O) groups excluding carboxylic acids is 1. The fourth-order valence-electron chi connectivity index (χ4n) is 1.54. The lowest BCUT2D eigenvalue weighted by molar-refractivity contribution is -0.138. The Bertz CT molecular complexity index is 357. The monoisotopic (exact) mass is 252 g/mol. The summed E-state index contributed by atoms with van der Waals surface area (Å²) in [5.41, 5.74) is 0.452. The molecule has 1 N–H and O–H groups in total. The van der Waals surface area contributed by atoms with Crippen molar-refractivity contribution in [3.63, 3.8) is 0 Å². The van der Waals surface area contributed by atoms with Gasteiger partial charge in [0, 0.05) is 32.4 Å². The number of carbonyl (C=O) groups is 1. The van der Waals surface area contributed by atoms with E-state index in [0.717, 1.165) is 26.2 Å². The average molecular weight is 252 g/mol. The minimum atomic E-state index is -0.357. The summed E-state index contributed by atoms with van der Waals surface area (Å²) in [6.45, 7) is 10.8. The third kappa shape index (κ3) is 4.29. The Kier molecular flexibility index (Phi) is 6.07. The van der Waals surface area contributed by atoms with Crippen LogP contribution in [0.2, 0.25) is 0 Å². The standard InChI is InChI=1S/C12H20N4O2/c1-4-18-11(17)10(2)9-15-12(13-3)16-7-5-14-6-8-16/h9,14H,3-8H2,1-2H3/b10-9+,15-12+. The highest BCUT2D eigenvalue weighted by atomic mass is 16.5. The highest BCUT2D eigenvalue weighted by molar-refractivity contribution is 5.89. The van der Waals surface area contributed by atoms with Gasteiger partial charge >= 0.3 is 5.97 Å². The Morgan fingerprint density at radius 3 is 2.72 bits per heavy atom. The Morgan fingerprint density at radius 1 is 1.50 bits per heavy atom. The second kappa shape index (κ2) is 7.60. The first-order valence-corrected chi connectivity index (χ1v) is 6.03. The highest BCUT2D eigenvalue weighted by Gasteiger charge is 2.12. The summed E-state index contributed by atoms with van der Waals surface area (Å²) in [6.07, 6.45) is 1.48. The van der Waals surface area contributed by atoms with Crippen LogP contribution in [0.1, 0.15) is 13.8 Å². The number of hydrogen-bond acceptors (Lipinski definition) is 4. The van der Waals surface area contributed by atoms with E-state index in [0.29, 0.717) is 18.1 Å². The van der Waals surface area contributed by atoms with Crippen molar-refractivity contribution in [2.45, 2.75) is 13.8 Å². The van der Waals surface area contributed by atoms with Crippen molar-refractivity contribution < 1.29 is 9.53 Å². The molecular weight excluding hydrogens is 232 g/mol. The molecule has 1 aliphatic heterocycles. The van der Waals surface area contributed by atoms with Gasteiger partial charge in [0.15, 0.2) is 0 Å². The van der Waals surface area contributed by atoms with Crippen LogP contribution in [0.15, 0.2) is 21.8 Å². The Morgan fingerprint density at radius 2 is 2.17 bits per heavy atom. The molecule has 0 bridgehead atoms. The first-order chi connectivity index (χ1) is 8.69. The van der Waals surface area contributed by atoms with Gasteiger partial charge in [0.05, 0.1) is 12.2 Å². The number of guanidine groups is 1. The topological polar surface area (TPSA) is 66.3 Å². The normalized spacial score (nSPS) is 17.6. The molecule has 1 rings (SSSR count). The van der Waals surface area contributed by atoms with Gasteiger partial charge in [-0.05, 0) is 20.6 Å². The molecule has 1 aliphatic rings. The van der Waals surface area contributed by atoms with Gasteiger partial charge in [0.2, 0.25) is 5.96 Å². The third-order valence-electron chi connectivity index (χ3n) is 2.51. The van der Waals surface area contributed by atoms with Crippen molar-refractivity contribution >= 4 is 18.6 Å². The molecule has 0 radical (unpaired) electrons. The van der Waals surface area contributed by atoms with Crippen LogP contribution in [0.3, 0.4) is 0 Å². The van der Waals surface area contributed by atoms with Crippen LogP contribution in [0.25, 0.3) is 0 Å². The zero-order chi connectivity index (χ0) is 13.4. The molecule has 0 aromatic rings. The minimum absolute atomic E-state index is 0.357. The van der Waals surface area contributed by atoms with Crippen molar-refractivity contribution in [3.8, 4) is 0 Å². The van der Waals surface area contributed by atoms with E-state index < -0.39 is 0 Å². The summed E-state index contributed by atoms with van der Waals surface area (Å²) in [5.74, 6) is 0.185. The van der Waals surface area contributed by atoms with E-state index in [-0.39, 0.29) is 5.97 Å². The molecule has 6 heteroatoms. The van der Waals surface area contributed by atoms with Crippen molar-refractivity contribution in [1.29, 1.82) is 0 Å². The second-order valence-electron chi connectivity index (χ2n) is 3.86. The van der Waals surface area contributed by atoms with Gasteiger partial charge in [-0.1, -0.05) is 0 Å². The second-order valence-corrected chi connectivity index (χ2v) is 3.86. The predicted molar refractivity (Wildman–Crippen MR) is 71.8 cm³/mol. The van der Waals surface area contributed by atoms with Crippen LogP contribution in [0.4, 0.5) is 0 Å². The number of nitrogens with one attached hydrogen (secondary N) is 1. The molecular formula is C12H20N4O2. The van der Waals surface area contributed by atoms with E-state index in [1.807, 2.05) is 4.90 Å². The average Bonchev–Trinajstić information content (AvgIpc) is 2.40. The van der Waals surface area contributed by atoms with Gasteiger partial charge in [0.25, 0.3) is 0 Å². The van der Waals surface area contributed by atoms with E-state index in [2.05, 4.69) is 22.0 Å². The molecule has 0 amide bonds. The summed E-state index contributed by atoms with van der Waals surface area (Å²) in [6, 6.07) is 0. The van der Waals surface area contributed by atoms with Gasteiger partial charge in [-0.2, -0.15) is 0 Å². The van der Waals surface area contributed by atoms with E-state index in [1.165, 1.54) is 6.20 Å². The number of rotatable bonds is 3. The fraction of sp³-hybridized carbons (Fsp3) is 0.583. The predicted octanol–water partition coefficient (Wildman–Crippen LogP) is 0.415. The molecule has 100 valence electrons. The number of piperazine rings is 1. The Hall–Kier alpha value is -1.69. The number of aliphatic imine (C=N–C) groups is 2. The highest BCUT2D eigenvalue weighted by Crippen LogP contribution is 2.01. The number of esters is 1. The molecule has 1 heterocycles. The van der Waals surface area contributed by atoms with Crippen LogP contribution < -0.4 is 5.32 Å². The Labute approximate surface area is 107 Å². The van der Waals surface area contributed by atoms with Gasteiger partial charge in [0.1, 0.15) is 0 Å². The maximum Gasteiger partial charge on any atom is 0.335 e. The lowest BCUT2D eigenvalue weighted by atomic mass is 10.3. The molecule has 1 fully saturated rings. The summed E-state index contributed by atoms with van der Waals surface area (Å²) >= 11 is 0. The minimum Gasteiger partial charge on any atom is -0.463 e. The van der Waals surface area contributed by atoms with Gasteiger partial charge in [-0.15, -0.1) is 0 Å². The quantitative estimate of drug-likeness (QED) is 0.342. The molecule has 0 unspecified atom stereocenters. The van der Waals surface area contributed by atoms with Crippen LogP contribution in [-0.2, 0) is 9.53 Å². The van der Waals surface area contributed by atoms with Crippen molar-refractivity contribution in [2.24, 2.45) is 9.98 Å². The van der Waals surface area contributed by atoms with E-state index in [9.17, 15) is 4.79 Å². The lowest BCUT2D eigenvalue weighted by Crippen LogP contribution is -2.45. The Balaban J connectivity index is 2.68. The van der Waals surface area contributed by atoms with Crippen LogP contribution in [0, 0.1) is 0 Å².